The first-order valence-corrected chi connectivity index (χ1v) is 7.37. The first-order chi connectivity index (χ1) is 9.97. The molecular weight excluding hydrogens is 359 g/mol. The van der Waals surface area contributed by atoms with E-state index in [0.717, 1.165) is 10.0 Å². The summed E-state index contributed by atoms with van der Waals surface area (Å²) in [6.07, 6.45) is 0. The SMILES string of the molecule is NC(=O)c1ccc(CNCc2cc(Br)ccc2F)c(Cl)c1. The second-order valence-electron chi connectivity index (χ2n) is 4.51. The molecule has 0 aromatic heterocycles. The fourth-order valence-corrected chi connectivity index (χ4v) is 2.51. The molecule has 0 aliphatic carbocycles. The van der Waals surface area contributed by atoms with E-state index in [2.05, 4.69) is 21.2 Å². The molecule has 0 aliphatic rings. The number of carbonyl (C=O) groups excluding carboxylic acids is 1. The van der Waals surface area contributed by atoms with Gasteiger partial charge in [0, 0.05) is 33.7 Å². The number of primary amides is 1. The van der Waals surface area contributed by atoms with E-state index in [4.69, 9.17) is 17.3 Å². The summed E-state index contributed by atoms with van der Waals surface area (Å²) >= 11 is 9.39. The summed E-state index contributed by atoms with van der Waals surface area (Å²) in [7, 11) is 0. The van der Waals surface area contributed by atoms with Gasteiger partial charge in [-0.2, -0.15) is 0 Å². The molecule has 0 saturated carbocycles. The second kappa shape index (κ2) is 7.02. The third-order valence-corrected chi connectivity index (χ3v) is 3.82. The van der Waals surface area contributed by atoms with Crippen LogP contribution in [0.2, 0.25) is 5.02 Å². The van der Waals surface area contributed by atoms with Crippen molar-refractivity contribution >= 4 is 33.4 Å². The summed E-state index contributed by atoms with van der Waals surface area (Å²) < 4.78 is 14.4. The molecule has 2 aromatic carbocycles. The molecule has 3 nitrogen and oxygen atoms in total. The Bertz CT molecular complexity index is 679. The lowest BCUT2D eigenvalue weighted by molar-refractivity contribution is 0.100. The molecule has 0 bridgehead atoms. The minimum Gasteiger partial charge on any atom is -0.366 e. The van der Waals surface area contributed by atoms with Crippen LogP contribution in [0.15, 0.2) is 40.9 Å². The van der Waals surface area contributed by atoms with Crippen LogP contribution in [0.1, 0.15) is 21.5 Å². The monoisotopic (exact) mass is 370 g/mol. The molecular formula is C15H13BrClFN2O. The molecule has 0 heterocycles. The van der Waals surface area contributed by atoms with Crippen molar-refractivity contribution in [1.82, 2.24) is 5.32 Å². The van der Waals surface area contributed by atoms with Gasteiger partial charge in [-0.3, -0.25) is 4.79 Å². The highest BCUT2D eigenvalue weighted by Crippen LogP contribution is 2.19. The highest BCUT2D eigenvalue weighted by atomic mass is 79.9. The van der Waals surface area contributed by atoms with E-state index in [1.54, 1.807) is 24.3 Å². The van der Waals surface area contributed by atoms with Crippen molar-refractivity contribution in [3.8, 4) is 0 Å². The molecule has 0 saturated heterocycles. The van der Waals surface area contributed by atoms with E-state index >= 15 is 0 Å². The minimum atomic E-state index is -0.521. The van der Waals surface area contributed by atoms with E-state index in [1.165, 1.54) is 12.1 Å². The van der Waals surface area contributed by atoms with E-state index in [0.29, 0.717) is 29.2 Å². The Hall–Kier alpha value is -1.43. The zero-order valence-corrected chi connectivity index (χ0v) is 13.3. The fraction of sp³-hybridized carbons (Fsp3) is 0.133. The molecule has 0 unspecified atom stereocenters. The van der Waals surface area contributed by atoms with Crippen molar-refractivity contribution in [2.24, 2.45) is 5.73 Å². The van der Waals surface area contributed by atoms with E-state index in [-0.39, 0.29) is 5.82 Å². The Labute approximate surface area is 135 Å². The van der Waals surface area contributed by atoms with Gasteiger partial charge in [0.1, 0.15) is 5.82 Å². The standard InChI is InChI=1S/C15H13BrClFN2O/c16-12-3-4-14(18)11(5-12)8-20-7-10-2-1-9(15(19)21)6-13(10)17/h1-6,20H,7-8H2,(H2,19,21). The molecule has 2 rings (SSSR count). The summed E-state index contributed by atoms with van der Waals surface area (Å²) in [5.41, 5.74) is 6.92. The van der Waals surface area contributed by atoms with Gasteiger partial charge in [0.15, 0.2) is 0 Å². The summed E-state index contributed by atoms with van der Waals surface area (Å²) in [5.74, 6) is -0.784. The lowest BCUT2D eigenvalue weighted by atomic mass is 10.1. The molecule has 0 aliphatic heterocycles. The third-order valence-electron chi connectivity index (χ3n) is 2.98. The number of carbonyl (C=O) groups is 1. The van der Waals surface area contributed by atoms with Gasteiger partial charge < -0.3 is 11.1 Å². The van der Waals surface area contributed by atoms with Gasteiger partial charge in [-0.25, -0.2) is 4.39 Å². The normalized spacial score (nSPS) is 10.6. The Balaban J connectivity index is 2.00. The van der Waals surface area contributed by atoms with Crippen LogP contribution in [-0.2, 0) is 13.1 Å². The summed E-state index contributed by atoms with van der Waals surface area (Å²) in [6.45, 7) is 0.836. The smallest absolute Gasteiger partial charge is 0.248 e. The molecule has 0 atom stereocenters. The Morgan fingerprint density at radius 2 is 1.90 bits per heavy atom. The van der Waals surface area contributed by atoms with Crippen LogP contribution in [0, 0.1) is 5.82 Å². The van der Waals surface area contributed by atoms with Crippen LogP contribution in [0.5, 0.6) is 0 Å². The van der Waals surface area contributed by atoms with Gasteiger partial charge in [0.2, 0.25) is 5.91 Å². The van der Waals surface area contributed by atoms with Crippen LogP contribution in [0.25, 0.3) is 0 Å². The molecule has 3 N–H and O–H groups in total. The first kappa shape index (κ1) is 15.9. The maximum atomic E-state index is 13.6. The predicted octanol–water partition coefficient (Wildman–Crippen LogP) is 3.63. The molecule has 1 amide bonds. The number of halogens is 3. The highest BCUT2D eigenvalue weighted by Gasteiger charge is 2.07. The van der Waals surface area contributed by atoms with Crippen LogP contribution in [-0.4, -0.2) is 5.91 Å². The quantitative estimate of drug-likeness (QED) is 0.843. The van der Waals surface area contributed by atoms with E-state index in [9.17, 15) is 9.18 Å². The average Bonchev–Trinajstić information content (AvgIpc) is 2.44. The van der Waals surface area contributed by atoms with Crippen molar-refractivity contribution < 1.29 is 9.18 Å². The third kappa shape index (κ3) is 4.27. The highest BCUT2D eigenvalue weighted by molar-refractivity contribution is 9.10. The number of nitrogens with two attached hydrogens (primary N) is 1. The number of hydrogen-bond donors (Lipinski definition) is 2. The lowest BCUT2D eigenvalue weighted by Crippen LogP contribution is -2.15. The number of nitrogens with one attached hydrogen (secondary N) is 1. The predicted molar refractivity (Wildman–Crippen MR) is 84.6 cm³/mol. The van der Waals surface area contributed by atoms with Gasteiger partial charge in [-0.15, -0.1) is 0 Å². The zero-order chi connectivity index (χ0) is 15.4. The summed E-state index contributed by atoms with van der Waals surface area (Å²) in [5, 5.41) is 3.57. The van der Waals surface area contributed by atoms with Crippen molar-refractivity contribution in [3.05, 3.63) is 68.4 Å². The molecule has 110 valence electrons. The van der Waals surface area contributed by atoms with Crippen LogP contribution >= 0.6 is 27.5 Å². The number of amides is 1. The topological polar surface area (TPSA) is 55.1 Å². The number of rotatable bonds is 5. The fourth-order valence-electron chi connectivity index (χ4n) is 1.85. The number of benzene rings is 2. The molecule has 0 spiro atoms. The van der Waals surface area contributed by atoms with Gasteiger partial charge in [-0.1, -0.05) is 33.6 Å². The molecule has 6 heteroatoms. The summed E-state index contributed by atoms with van der Waals surface area (Å²) in [6, 6.07) is 9.66. The Morgan fingerprint density at radius 1 is 1.19 bits per heavy atom. The van der Waals surface area contributed by atoms with E-state index in [1.807, 2.05) is 0 Å². The van der Waals surface area contributed by atoms with Gasteiger partial charge in [0.25, 0.3) is 0 Å². The minimum absolute atomic E-state index is 0.263. The van der Waals surface area contributed by atoms with Crippen molar-refractivity contribution in [3.63, 3.8) is 0 Å². The number of hydrogen-bond acceptors (Lipinski definition) is 2. The van der Waals surface area contributed by atoms with E-state index < -0.39 is 5.91 Å². The maximum Gasteiger partial charge on any atom is 0.248 e. The van der Waals surface area contributed by atoms with Crippen LogP contribution < -0.4 is 11.1 Å². The van der Waals surface area contributed by atoms with Gasteiger partial charge >= 0.3 is 0 Å². The maximum absolute atomic E-state index is 13.6. The summed E-state index contributed by atoms with van der Waals surface area (Å²) in [4.78, 5) is 11.0. The Morgan fingerprint density at radius 3 is 2.57 bits per heavy atom. The average molecular weight is 372 g/mol. The largest absolute Gasteiger partial charge is 0.366 e. The van der Waals surface area contributed by atoms with Crippen LogP contribution in [0.4, 0.5) is 4.39 Å². The zero-order valence-electron chi connectivity index (χ0n) is 11.0. The van der Waals surface area contributed by atoms with Crippen LogP contribution in [0.3, 0.4) is 0 Å². The van der Waals surface area contributed by atoms with Gasteiger partial charge in [-0.05, 0) is 35.9 Å². The van der Waals surface area contributed by atoms with Crippen molar-refractivity contribution in [2.45, 2.75) is 13.1 Å². The second-order valence-corrected chi connectivity index (χ2v) is 5.83. The molecule has 0 radical (unpaired) electrons. The molecule has 2 aromatic rings. The lowest BCUT2D eigenvalue weighted by Gasteiger charge is -2.09. The van der Waals surface area contributed by atoms with Crippen molar-refractivity contribution in [1.29, 1.82) is 0 Å². The molecule has 0 fully saturated rings. The Kier molecular flexibility index (Phi) is 5.33. The van der Waals surface area contributed by atoms with Crippen molar-refractivity contribution in [2.75, 3.05) is 0 Å². The molecule has 21 heavy (non-hydrogen) atoms. The van der Waals surface area contributed by atoms with Gasteiger partial charge in [0.05, 0.1) is 0 Å². The first-order valence-electron chi connectivity index (χ1n) is 6.20.